The van der Waals surface area contributed by atoms with E-state index in [1.54, 1.807) is 0 Å². The van der Waals surface area contributed by atoms with E-state index in [1.165, 1.54) is 44.9 Å². The Balaban J connectivity index is 2.97. The Morgan fingerprint density at radius 1 is 0.379 bits per heavy atom. The van der Waals surface area contributed by atoms with Gasteiger partial charge in [-0.3, -0.25) is 0 Å². The molecule has 7 heteroatoms. The summed E-state index contributed by atoms with van der Waals surface area (Å²) in [4.78, 5) is 0. The van der Waals surface area contributed by atoms with Crippen molar-refractivity contribution in [3.63, 3.8) is 0 Å². The molecule has 0 aliphatic rings. The van der Waals surface area contributed by atoms with Crippen molar-refractivity contribution < 1.29 is 28.4 Å². The minimum absolute atomic E-state index is 0.515. The quantitative estimate of drug-likeness (QED) is 0.146. The summed E-state index contributed by atoms with van der Waals surface area (Å²) in [6, 6.07) is 0. The van der Waals surface area contributed by atoms with Gasteiger partial charge >= 0.3 is 0 Å². The SMILES string of the molecule is CCCCCCCCCCOCCOCCOCCOCCOCCOCCCl. The monoisotopic (exact) mass is 440 g/mol. The number of halogens is 1. The molecule has 176 valence electrons. The standard InChI is InChI=1S/C22H45ClO6/c1-2-3-4-5-6-7-8-9-11-24-13-15-26-17-19-28-21-22-29-20-18-27-16-14-25-12-10-23/h2-22H2,1H3. The summed E-state index contributed by atoms with van der Waals surface area (Å²) in [6.07, 6.45) is 10.6. The van der Waals surface area contributed by atoms with Crippen LogP contribution in [0.1, 0.15) is 58.3 Å². The van der Waals surface area contributed by atoms with E-state index < -0.39 is 0 Å². The Hall–Kier alpha value is 0.0500. The second kappa shape index (κ2) is 28.1. The average molecular weight is 441 g/mol. The molecule has 0 amide bonds. The van der Waals surface area contributed by atoms with E-state index in [4.69, 9.17) is 40.0 Å². The molecule has 0 aromatic carbocycles. The lowest BCUT2D eigenvalue weighted by Crippen LogP contribution is -2.14. The van der Waals surface area contributed by atoms with Crippen LogP contribution in [0.2, 0.25) is 0 Å². The number of rotatable bonds is 26. The van der Waals surface area contributed by atoms with Gasteiger partial charge in [0.1, 0.15) is 0 Å². The summed E-state index contributed by atoms with van der Waals surface area (Å²) in [5.41, 5.74) is 0. The van der Waals surface area contributed by atoms with Gasteiger partial charge in [0.15, 0.2) is 0 Å². The zero-order chi connectivity index (χ0) is 21.1. The van der Waals surface area contributed by atoms with Crippen LogP contribution in [0.4, 0.5) is 0 Å². The second-order valence-corrected chi connectivity index (χ2v) is 7.22. The molecule has 0 aliphatic carbocycles. The van der Waals surface area contributed by atoms with Crippen molar-refractivity contribution in [1.82, 2.24) is 0 Å². The maximum atomic E-state index is 5.59. The fourth-order valence-electron chi connectivity index (χ4n) is 2.59. The predicted octanol–water partition coefficient (Wildman–Crippen LogP) is 4.47. The minimum Gasteiger partial charge on any atom is -0.379 e. The molecule has 0 spiro atoms. The van der Waals surface area contributed by atoms with E-state index in [0.717, 1.165) is 13.0 Å². The fraction of sp³-hybridized carbons (Fsp3) is 1.00. The molecule has 0 aromatic rings. The molecule has 6 nitrogen and oxygen atoms in total. The Kier molecular flexibility index (Phi) is 28.1. The zero-order valence-corrected chi connectivity index (χ0v) is 19.4. The molecular weight excluding hydrogens is 396 g/mol. The molecule has 0 aromatic heterocycles. The highest BCUT2D eigenvalue weighted by molar-refractivity contribution is 6.17. The van der Waals surface area contributed by atoms with Crippen molar-refractivity contribution in [3.05, 3.63) is 0 Å². The van der Waals surface area contributed by atoms with E-state index >= 15 is 0 Å². The van der Waals surface area contributed by atoms with Crippen molar-refractivity contribution in [1.29, 1.82) is 0 Å². The Morgan fingerprint density at radius 3 is 1.07 bits per heavy atom. The van der Waals surface area contributed by atoms with Gasteiger partial charge in [-0.25, -0.2) is 0 Å². The first kappa shape index (κ1) is 29.1. The van der Waals surface area contributed by atoms with Crippen molar-refractivity contribution in [2.24, 2.45) is 0 Å². The number of alkyl halides is 1. The maximum Gasteiger partial charge on any atom is 0.0701 e. The topological polar surface area (TPSA) is 55.4 Å². The van der Waals surface area contributed by atoms with Gasteiger partial charge < -0.3 is 28.4 Å². The van der Waals surface area contributed by atoms with Crippen LogP contribution in [0.15, 0.2) is 0 Å². The summed E-state index contributed by atoms with van der Waals surface area (Å²) < 4.78 is 32.5. The Bertz CT molecular complexity index is 258. The third-order valence-corrected chi connectivity index (χ3v) is 4.38. The molecule has 0 saturated heterocycles. The van der Waals surface area contributed by atoms with Crippen LogP contribution in [0.3, 0.4) is 0 Å². The van der Waals surface area contributed by atoms with Gasteiger partial charge in [-0.15, -0.1) is 11.6 Å². The molecule has 0 aliphatic heterocycles. The van der Waals surface area contributed by atoms with Gasteiger partial charge in [0.25, 0.3) is 0 Å². The summed E-state index contributed by atoms with van der Waals surface area (Å²) in [5.74, 6) is 0.515. The number of ether oxygens (including phenoxy) is 6. The van der Waals surface area contributed by atoms with Crippen molar-refractivity contribution in [3.8, 4) is 0 Å². The van der Waals surface area contributed by atoms with Gasteiger partial charge in [0.2, 0.25) is 0 Å². The Morgan fingerprint density at radius 2 is 0.690 bits per heavy atom. The van der Waals surface area contributed by atoms with Crippen molar-refractivity contribution in [2.45, 2.75) is 58.3 Å². The van der Waals surface area contributed by atoms with Gasteiger partial charge in [-0.2, -0.15) is 0 Å². The number of unbranched alkanes of at least 4 members (excludes halogenated alkanes) is 7. The van der Waals surface area contributed by atoms with Crippen LogP contribution in [-0.4, -0.2) is 85.2 Å². The van der Waals surface area contributed by atoms with Gasteiger partial charge in [0, 0.05) is 12.5 Å². The first-order chi connectivity index (χ1) is 14.4. The minimum atomic E-state index is 0.515. The zero-order valence-electron chi connectivity index (χ0n) is 18.7. The number of hydrogen-bond acceptors (Lipinski definition) is 6. The van der Waals surface area contributed by atoms with Crippen LogP contribution in [-0.2, 0) is 28.4 Å². The molecule has 0 rings (SSSR count). The van der Waals surface area contributed by atoms with E-state index in [2.05, 4.69) is 6.92 Å². The highest BCUT2D eigenvalue weighted by Crippen LogP contribution is 2.08. The predicted molar refractivity (Wildman–Crippen MR) is 118 cm³/mol. The first-order valence-corrected chi connectivity index (χ1v) is 12.0. The normalized spacial score (nSPS) is 11.4. The van der Waals surface area contributed by atoms with Gasteiger partial charge in [-0.05, 0) is 6.42 Å². The van der Waals surface area contributed by atoms with Crippen LogP contribution in [0, 0.1) is 0 Å². The largest absolute Gasteiger partial charge is 0.379 e. The van der Waals surface area contributed by atoms with Crippen LogP contribution in [0.5, 0.6) is 0 Å². The van der Waals surface area contributed by atoms with Crippen LogP contribution < -0.4 is 0 Å². The molecular formula is C22H45ClO6. The third kappa shape index (κ3) is 28.1. The van der Waals surface area contributed by atoms with E-state index in [0.29, 0.717) is 78.6 Å². The van der Waals surface area contributed by atoms with Gasteiger partial charge in [0.05, 0.1) is 72.7 Å². The highest BCUT2D eigenvalue weighted by Gasteiger charge is 1.95. The molecule has 0 N–H and O–H groups in total. The lowest BCUT2D eigenvalue weighted by Gasteiger charge is -2.08. The molecule has 0 unspecified atom stereocenters. The van der Waals surface area contributed by atoms with Gasteiger partial charge in [-0.1, -0.05) is 51.9 Å². The molecule has 0 radical (unpaired) electrons. The summed E-state index contributed by atoms with van der Waals surface area (Å²) >= 11 is 5.50. The van der Waals surface area contributed by atoms with Crippen molar-refractivity contribution in [2.75, 3.05) is 85.2 Å². The van der Waals surface area contributed by atoms with E-state index in [-0.39, 0.29) is 0 Å². The summed E-state index contributed by atoms with van der Waals surface area (Å²) in [5, 5.41) is 0. The fourth-order valence-corrected chi connectivity index (χ4v) is 2.70. The van der Waals surface area contributed by atoms with Crippen LogP contribution in [0.25, 0.3) is 0 Å². The lowest BCUT2D eigenvalue weighted by atomic mass is 10.1. The van der Waals surface area contributed by atoms with Crippen molar-refractivity contribution >= 4 is 11.6 Å². The highest BCUT2D eigenvalue weighted by atomic mass is 35.5. The summed E-state index contributed by atoms with van der Waals surface area (Å²) in [6.45, 7) is 9.51. The molecule has 0 fully saturated rings. The van der Waals surface area contributed by atoms with E-state index in [1.807, 2.05) is 0 Å². The Labute approximate surface area is 183 Å². The molecule has 0 bridgehead atoms. The molecule has 0 heterocycles. The molecule has 0 saturated carbocycles. The first-order valence-electron chi connectivity index (χ1n) is 11.4. The average Bonchev–Trinajstić information content (AvgIpc) is 2.74. The molecule has 29 heavy (non-hydrogen) atoms. The maximum absolute atomic E-state index is 5.59. The smallest absolute Gasteiger partial charge is 0.0701 e. The number of hydrogen-bond donors (Lipinski definition) is 0. The summed E-state index contributed by atoms with van der Waals surface area (Å²) in [7, 11) is 0. The third-order valence-electron chi connectivity index (χ3n) is 4.22. The molecule has 0 atom stereocenters. The van der Waals surface area contributed by atoms with E-state index in [9.17, 15) is 0 Å². The van der Waals surface area contributed by atoms with Crippen LogP contribution >= 0.6 is 11.6 Å². The second-order valence-electron chi connectivity index (χ2n) is 6.84. The lowest BCUT2D eigenvalue weighted by molar-refractivity contribution is -0.0162.